The lowest BCUT2D eigenvalue weighted by atomic mass is 9.86. The Balaban J connectivity index is 2.12. The molecule has 0 radical (unpaired) electrons. The molecule has 106 valence electrons. The Morgan fingerprint density at radius 3 is 2.37 bits per heavy atom. The molecular weight excluding hydrogens is 246 g/mol. The largest absolute Gasteiger partial charge is 0.481 e. The van der Waals surface area contributed by atoms with Crippen LogP contribution < -0.4 is 19.9 Å². The highest BCUT2D eigenvalue weighted by molar-refractivity contribution is 5.22. The maximum absolute atomic E-state index is 5.88. The predicted molar refractivity (Wildman–Crippen MR) is 70.6 cm³/mol. The van der Waals surface area contributed by atoms with Crippen molar-refractivity contribution >= 4 is 0 Å². The van der Waals surface area contributed by atoms with Crippen LogP contribution in [0, 0.1) is 5.92 Å². The van der Waals surface area contributed by atoms with Gasteiger partial charge in [-0.15, -0.1) is 0 Å². The summed E-state index contributed by atoms with van der Waals surface area (Å²) in [6, 6.07) is 1.91. The minimum atomic E-state index is 0.0792. The molecule has 6 heteroatoms. The molecule has 2 unspecified atom stereocenters. The molecule has 1 saturated carbocycles. The summed E-state index contributed by atoms with van der Waals surface area (Å²) in [5.74, 6) is 1.23. The summed E-state index contributed by atoms with van der Waals surface area (Å²) in [4.78, 5) is 8.37. The molecule has 0 spiro atoms. The number of methoxy groups -OCH3 is 2. The zero-order valence-corrected chi connectivity index (χ0v) is 11.5. The molecule has 0 amide bonds. The van der Waals surface area contributed by atoms with Crippen molar-refractivity contribution in [1.29, 1.82) is 0 Å². The standard InChI is InChI=1S/C13H21N3O3/c1-17-11-7-12(18-2)16-13(15-11)19-10-6-4-3-5-9(10)8-14/h7,9-10H,3-6,8,14H2,1-2H3. The van der Waals surface area contributed by atoms with Crippen molar-refractivity contribution in [1.82, 2.24) is 9.97 Å². The molecule has 1 aliphatic rings. The Hall–Kier alpha value is -1.56. The molecule has 0 aromatic carbocycles. The SMILES string of the molecule is COc1cc(OC)nc(OC2CCCCC2CN)n1. The molecule has 19 heavy (non-hydrogen) atoms. The van der Waals surface area contributed by atoms with E-state index in [1.165, 1.54) is 6.42 Å². The van der Waals surface area contributed by atoms with Crippen molar-refractivity contribution in [2.75, 3.05) is 20.8 Å². The number of nitrogens with two attached hydrogens (primary N) is 1. The fraction of sp³-hybridized carbons (Fsp3) is 0.692. The molecule has 2 atom stereocenters. The van der Waals surface area contributed by atoms with E-state index in [1.54, 1.807) is 20.3 Å². The number of nitrogens with zero attached hydrogens (tertiary/aromatic N) is 2. The fourth-order valence-electron chi connectivity index (χ4n) is 2.38. The van der Waals surface area contributed by atoms with Crippen LogP contribution in [0.2, 0.25) is 0 Å². The van der Waals surface area contributed by atoms with E-state index in [-0.39, 0.29) is 6.10 Å². The van der Waals surface area contributed by atoms with Gasteiger partial charge in [-0.1, -0.05) is 6.42 Å². The van der Waals surface area contributed by atoms with Crippen LogP contribution in [0.15, 0.2) is 6.07 Å². The summed E-state index contributed by atoms with van der Waals surface area (Å²) >= 11 is 0. The van der Waals surface area contributed by atoms with Crippen molar-refractivity contribution in [2.24, 2.45) is 11.7 Å². The van der Waals surface area contributed by atoms with E-state index in [1.807, 2.05) is 0 Å². The summed E-state index contributed by atoms with van der Waals surface area (Å²) in [6.07, 6.45) is 4.54. The van der Waals surface area contributed by atoms with Crippen LogP contribution in [0.1, 0.15) is 25.7 Å². The maximum atomic E-state index is 5.88. The van der Waals surface area contributed by atoms with E-state index < -0.39 is 0 Å². The first-order chi connectivity index (χ1) is 9.26. The maximum Gasteiger partial charge on any atom is 0.323 e. The van der Waals surface area contributed by atoms with Crippen LogP contribution in [0.5, 0.6) is 17.8 Å². The van der Waals surface area contributed by atoms with E-state index in [0.717, 1.165) is 19.3 Å². The topological polar surface area (TPSA) is 79.5 Å². The molecule has 0 saturated heterocycles. The normalized spacial score (nSPS) is 22.9. The molecule has 0 aliphatic heterocycles. The number of hydrogen-bond donors (Lipinski definition) is 1. The summed E-state index contributed by atoms with van der Waals surface area (Å²) in [6.45, 7) is 0.631. The second-order valence-corrected chi connectivity index (χ2v) is 4.67. The van der Waals surface area contributed by atoms with Crippen LogP contribution >= 0.6 is 0 Å². The molecule has 1 aromatic rings. The quantitative estimate of drug-likeness (QED) is 0.868. The summed E-state index contributed by atoms with van der Waals surface area (Å²) < 4.78 is 16.1. The van der Waals surface area contributed by atoms with E-state index in [0.29, 0.717) is 30.2 Å². The van der Waals surface area contributed by atoms with Crippen LogP contribution in [-0.2, 0) is 0 Å². The van der Waals surface area contributed by atoms with Gasteiger partial charge in [-0.3, -0.25) is 0 Å². The summed E-state index contributed by atoms with van der Waals surface area (Å²) in [7, 11) is 3.10. The van der Waals surface area contributed by atoms with E-state index in [4.69, 9.17) is 19.9 Å². The Kier molecular flexibility index (Phi) is 4.79. The number of aromatic nitrogens is 2. The average Bonchev–Trinajstić information content (AvgIpc) is 2.47. The third-order valence-electron chi connectivity index (χ3n) is 3.48. The molecule has 2 N–H and O–H groups in total. The minimum absolute atomic E-state index is 0.0792. The second kappa shape index (κ2) is 6.56. The molecule has 1 aromatic heterocycles. The highest BCUT2D eigenvalue weighted by atomic mass is 16.5. The van der Waals surface area contributed by atoms with Gasteiger partial charge in [0, 0.05) is 5.92 Å². The zero-order valence-electron chi connectivity index (χ0n) is 11.5. The van der Waals surface area contributed by atoms with Crippen LogP contribution in [-0.4, -0.2) is 36.8 Å². The lowest BCUT2D eigenvalue weighted by Gasteiger charge is -2.30. The van der Waals surface area contributed by atoms with Crippen LogP contribution in [0.4, 0.5) is 0 Å². The zero-order chi connectivity index (χ0) is 13.7. The van der Waals surface area contributed by atoms with Gasteiger partial charge in [0.25, 0.3) is 0 Å². The fourth-order valence-corrected chi connectivity index (χ4v) is 2.38. The Bertz CT molecular complexity index is 392. The lowest BCUT2D eigenvalue weighted by molar-refractivity contribution is 0.0855. The molecule has 0 bridgehead atoms. The van der Waals surface area contributed by atoms with Gasteiger partial charge in [0.15, 0.2) is 0 Å². The molecule has 2 rings (SSSR count). The highest BCUT2D eigenvalue weighted by Crippen LogP contribution is 2.28. The smallest absolute Gasteiger partial charge is 0.323 e. The van der Waals surface area contributed by atoms with E-state index in [9.17, 15) is 0 Å². The lowest BCUT2D eigenvalue weighted by Crippen LogP contribution is -2.35. The molecule has 1 fully saturated rings. The molecule has 6 nitrogen and oxygen atoms in total. The highest BCUT2D eigenvalue weighted by Gasteiger charge is 2.26. The van der Waals surface area contributed by atoms with Gasteiger partial charge in [-0.25, -0.2) is 0 Å². The van der Waals surface area contributed by atoms with Crippen molar-refractivity contribution in [3.05, 3.63) is 6.07 Å². The van der Waals surface area contributed by atoms with Crippen molar-refractivity contribution in [2.45, 2.75) is 31.8 Å². The molecule has 1 heterocycles. The Morgan fingerprint density at radius 1 is 1.16 bits per heavy atom. The number of hydrogen-bond acceptors (Lipinski definition) is 6. The number of ether oxygens (including phenoxy) is 3. The third-order valence-corrected chi connectivity index (χ3v) is 3.48. The van der Waals surface area contributed by atoms with Crippen molar-refractivity contribution < 1.29 is 14.2 Å². The van der Waals surface area contributed by atoms with Crippen LogP contribution in [0.3, 0.4) is 0 Å². The molecular formula is C13H21N3O3. The second-order valence-electron chi connectivity index (χ2n) is 4.67. The van der Waals surface area contributed by atoms with Crippen molar-refractivity contribution in [3.63, 3.8) is 0 Å². The van der Waals surface area contributed by atoms with Gasteiger partial charge < -0.3 is 19.9 Å². The van der Waals surface area contributed by atoms with Gasteiger partial charge >= 0.3 is 6.01 Å². The third kappa shape index (κ3) is 3.47. The van der Waals surface area contributed by atoms with Crippen LogP contribution in [0.25, 0.3) is 0 Å². The Morgan fingerprint density at radius 2 is 1.79 bits per heavy atom. The van der Waals surface area contributed by atoms with Crippen molar-refractivity contribution in [3.8, 4) is 17.8 Å². The monoisotopic (exact) mass is 267 g/mol. The van der Waals surface area contributed by atoms with Gasteiger partial charge in [0.2, 0.25) is 11.8 Å². The first kappa shape index (κ1) is 13.9. The minimum Gasteiger partial charge on any atom is -0.481 e. The first-order valence-electron chi connectivity index (χ1n) is 6.60. The van der Waals surface area contributed by atoms with Gasteiger partial charge in [0.05, 0.1) is 20.3 Å². The molecule has 1 aliphatic carbocycles. The van der Waals surface area contributed by atoms with Gasteiger partial charge in [-0.05, 0) is 25.8 Å². The van der Waals surface area contributed by atoms with Gasteiger partial charge in [-0.2, -0.15) is 9.97 Å². The van der Waals surface area contributed by atoms with E-state index >= 15 is 0 Å². The van der Waals surface area contributed by atoms with E-state index in [2.05, 4.69) is 9.97 Å². The number of rotatable bonds is 5. The average molecular weight is 267 g/mol. The summed E-state index contributed by atoms with van der Waals surface area (Å²) in [5.41, 5.74) is 5.79. The first-order valence-corrected chi connectivity index (χ1v) is 6.60. The predicted octanol–water partition coefficient (Wildman–Crippen LogP) is 1.39. The summed E-state index contributed by atoms with van der Waals surface area (Å²) in [5, 5.41) is 0. The Labute approximate surface area is 113 Å². The van der Waals surface area contributed by atoms with Gasteiger partial charge in [0.1, 0.15) is 6.10 Å².